The Morgan fingerprint density at radius 2 is 1.75 bits per heavy atom. The van der Waals surface area contributed by atoms with E-state index < -0.39 is 34.3 Å². The maximum absolute atomic E-state index is 14.2. The van der Waals surface area contributed by atoms with Gasteiger partial charge in [0.15, 0.2) is 0 Å². The van der Waals surface area contributed by atoms with E-state index in [0.29, 0.717) is 29.3 Å². The molecule has 40 heavy (non-hydrogen) atoms. The maximum atomic E-state index is 14.2. The van der Waals surface area contributed by atoms with Gasteiger partial charge in [-0.3, -0.25) is 9.59 Å². The molecule has 7 nitrogen and oxygen atoms in total. The number of carboxylic acids is 1. The largest absolute Gasteiger partial charge is 0.481 e. The molecule has 1 amide bonds. The Morgan fingerprint density at radius 1 is 1.10 bits per heavy atom. The number of rotatable bonds is 11. The van der Waals surface area contributed by atoms with Crippen molar-refractivity contribution in [1.29, 1.82) is 0 Å². The third-order valence-electron chi connectivity index (χ3n) is 7.53. The minimum absolute atomic E-state index is 0.0368. The van der Waals surface area contributed by atoms with Gasteiger partial charge in [-0.2, -0.15) is 0 Å². The van der Waals surface area contributed by atoms with Crippen LogP contribution in [0.4, 0.5) is 8.78 Å². The fraction of sp³-hybridized carbons (Fsp3) is 0.600. The van der Waals surface area contributed by atoms with Crippen LogP contribution in [0.3, 0.4) is 0 Å². The number of nitrogens with zero attached hydrogens (tertiary/aromatic N) is 1. The number of amides is 1. The molecule has 1 heterocycles. The summed E-state index contributed by atoms with van der Waals surface area (Å²) >= 11 is 0. The molecule has 10 heteroatoms. The summed E-state index contributed by atoms with van der Waals surface area (Å²) in [5.41, 5.74) is 0.527. The van der Waals surface area contributed by atoms with Crippen molar-refractivity contribution >= 4 is 22.9 Å². The molecule has 0 aliphatic heterocycles. The molecule has 0 radical (unpaired) electrons. The summed E-state index contributed by atoms with van der Waals surface area (Å²) in [4.78, 5) is 24.7. The fourth-order valence-electron chi connectivity index (χ4n) is 5.05. The lowest BCUT2D eigenvalue weighted by Crippen LogP contribution is -2.37. The summed E-state index contributed by atoms with van der Waals surface area (Å²) in [6.45, 7) is 11.4. The first-order valence-electron chi connectivity index (χ1n) is 13.9. The first-order valence-corrected chi connectivity index (χ1v) is 15.1. The molecule has 1 fully saturated rings. The van der Waals surface area contributed by atoms with Gasteiger partial charge in [-0.05, 0) is 90.5 Å². The third-order valence-corrected chi connectivity index (χ3v) is 9.10. The molecule has 1 saturated carbocycles. The lowest BCUT2D eigenvalue weighted by Gasteiger charge is -2.24. The molecule has 1 aromatic carbocycles. The molecule has 1 aliphatic rings. The monoisotopic (exact) mass is 579 g/mol. The van der Waals surface area contributed by atoms with E-state index in [9.17, 15) is 27.7 Å². The first-order chi connectivity index (χ1) is 18.6. The number of carboxylic acid groups (broad SMARTS) is 1. The van der Waals surface area contributed by atoms with Crippen molar-refractivity contribution in [2.45, 2.75) is 103 Å². The van der Waals surface area contributed by atoms with Crippen molar-refractivity contribution < 1.29 is 27.7 Å². The highest BCUT2D eigenvalue weighted by Gasteiger charge is 2.28. The van der Waals surface area contributed by atoms with Crippen LogP contribution >= 0.6 is 0 Å². The van der Waals surface area contributed by atoms with Crippen LogP contribution in [-0.2, 0) is 22.3 Å². The first kappa shape index (κ1) is 31.9. The lowest BCUT2D eigenvalue weighted by molar-refractivity contribution is -0.147. The molecule has 1 aliphatic carbocycles. The number of aromatic nitrogens is 1. The van der Waals surface area contributed by atoms with Gasteiger partial charge in [0.05, 0.1) is 15.9 Å². The van der Waals surface area contributed by atoms with Crippen molar-refractivity contribution in [3.63, 3.8) is 0 Å². The fourth-order valence-corrected chi connectivity index (χ4v) is 6.27. The molecule has 0 spiro atoms. The molecule has 3 rings (SSSR count). The van der Waals surface area contributed by atoms with Crippen LogP contribution in [0, 0.1) is 18.3 Å². The zero-order chi connectivity index (χ0) is 29.8. The summed E-state index contributed by atoms with van der Waals surface area (Å²) < 4.78 is 46.2. The number of halogens is 2. The summed E-state index contributed by atoms with van der Waals surface area (Å²) in [5, 5.41) is 12.2. The molecule has 1 atom stereocenters. The number of benzene rings is 1. The zero-order valence-corrected chi connectivity index (χ0v) is 25.2. The van der Waals surface area contributed by atoms with Crippen LogP contribution < -0.4 is 10.0 Å². The molecule has 3 N–H and O–H groups in total. The Hall–Kier alpha value is -2.59. The van der Waals surface area contributed by atoms with E-state index in [0.717, 1.165) is 31.4 Å². The Morgan fingerprint density at radius 3 is 2.33 bits per heavy atom. The third kappa shape index (κ3) is 8.00. The van der Waals surface area contributed by atoms with Crippen molar-refractivity contribution in [3.8, 4) is 11.3 Å². The van der Waals surface area contributed by atoms with Crippen LogP contribution in [0.1, 0.15) is 101 Å². The summed E-state index contributed by atoms with van der Waals surface area (Å²) in [6, 6.07) is 6.27. The van der Waals surface area contributed by atoms with E-state index in [1.807, 2.05) is 32.3 Å². The van der Waals surface area contributed by atoms with Crippen molar-refractivity contribution in [3.05, 3.63) is 41.1 Å². The molecule has 1 aromatic heterocycles. The van der Waals surface area contributed by atoms with Crippen LogP contribution in [0.25, 0.3) is 11.3 Å². The van der Waals surface area contributed by atoms with Crippen LogP contribution in [0.15, 0.2) is 29.2 Å². The van der Waals surface area contributed by atoms with E-state index in [4.69, 9.17) is 0 Å². The second kappa shape index (κ2) is 12.9. The van der Waals surface area contributed by atoms with E-state index >= 15 is 0 Å². The number of nitrogens with one attached hydrogen (secondary N) is 2. The molecule has 0 bridgehead atoms. The van der Waals surface area contributed by atoms with Crippen molar-refractivity contribution in [2.24, 2.45) is 11.3 Å². The minimum Gasteiger partial charge on any atom is -0.481 e. The van der Waals surface area contributed by atoms with Crippen LogP contribution in [0.5, 0.6) is 0 Å². The number of carbonyl (C=O) groups is 2. The Kier molecular flexibility index (Phi) is 10.3. The SMILES string of the molecule is Cc1c(C(=O)NCCC(C)(C)C(=O)O)cc(-c2ccc(S(=O)NC(C)(C)C)c(C(F)F)c2)n1CC1CCCCC1. The molecular weight excluding hydrogens is 536 g/mol. The van der Waals surface area contributed by atoms with Crippen LogP contribution in [0.2, 0.25) is 0 Å². The molecule has 1 unspecified atom stereocenters. The van der Waals surface area contributed by atoms with Gasteiger partial charge in [0.2, 0.25) is 0 Å². The minimum atomic E-state index is -2.83. The summed E-state index contributed by atoms with van der Waals surface area (Å²) in [6.07, 6.45) is 3.06. The predicted octanol–water partition coefficient (Wildman–Crippen LogP) is 6.62. The van der Waals surface area contributed by atoms with Gasteiger partial charge >= 0.3 is 5.97 Å². The molecular formula is C30H43F2N3O4S. The molecule has 2 aromatic rings. The van der Waals surface area contributed by atoms with E-state index in [-0.39, 0.29) is 29.3 Å². The second-order valence-corrected chi connectivity index (χ2v) is 13.7. The smallest absolute Gasteiger partial charge is 0.309 e. The molecule has 222 valence electrons. The molecule has 0 saturated heterocycles. The lowest BCUT2D eigenvalue weighted by atomic mass is 9.89. The van der Waals surface area contributed by atoms with E-state index in [1.54, 1.807) is 26.0 Å². The van der Waals surface area contributed by atoms with E-state index in [2.05, 4.69) is 10.0 Å². The topological polar surface area (TPSA) is 100 Å². The van der Waals surface area contributed by atoms with Crippen molar-refractivity contribution in [2.75, 3.05) is 6.54 Å². The Bertz CT molecular complexity index is 1240. The number of aliphatic carboxylic acids is 1. The quantitative estimate of drug-likeness (QED) is 0.278. The number of hydrogen-bond donors (Lipinski definition) is 3. The maximum Gasteiger partial charge on any atom is 0.309 e. The van der Waals surface area contributed by atoms with Gasteiger partial charge in [-0.25, -0.2) is 17.7 Å². The van der Waals surface area contributed by atoms with Crippen molar-refractivity contribution in [1.82, 2.24) is 14.6 Å². The normalized spacial score (nSPS) is 15.8. The summed E-state index contributed by atoms with van der Waals surface area (Å²) in [5.74, 6) is -0.845. The number of alkyl halides is 2. The van der Waals surface area contributed by atoms with Crippen LogP contribution in [-0.4, -0.2) is 37.8 Å². The average molecular weight is 580 g/mol. The Labute approximate surface area is 238 Å². The zero-order valence-electron chi connectivity index (χ0n) is 24.4. The van der Waals surface area contributed by atoms with E-state index in [1.165, 1.54) is 18.6 Å². The van der Waals surface area contributed by atoms with Gasteiger partial charge in [0.25, 0.3) is 12.3 Å². The van der Waals surface area contributed by atoms with Gasteiger partial charge in [0.1, 0.15) is 11.0 Å². The standard InChI is InChI=1S/C30H43F2N3O4S/c1-19-22(27(36)33-15-14-30(5,6)28(37)38)17-24(35(19)18-20-10-8-7-9-11-20)21-12-13-25(23(16-21)26(31)32)40(39)34-29(2,3)4/h12-13,16-17,20,26,34H,7-11,14-15,18H2,1-6H3,(H,33,36)(H,37,38). The van der Waals surface area contributed by atoms with Gasteiger partial charge in [0, 0.05) is 35.6 Å². The predicted molar refractivity (Wildman–Crippen MR) is 154 cm³/mol. The summed E-state index contributed by atoms with van der Waals surface area (Å²) in [7, 11) is -1.82. The van der Waals surface area contributed by atoms with Gasteiger partial charge in [-0.15, -0.1) is 0 Å². The highest BCUT2D eigenvalue weighted by molar-refractivity contribution is 7.83. The Balaban J connectivity index is 2.00. The average Bonchev–Trinajstić information content (AvgIpc) is 3.18. The number of carbonyl (C=O) groups excluding carboxylic acids is 1. The highest BCUT2D eigenvalue weighted by Crippen LogP contribution is 2.35. The second-order valence-electron chi connectivity index (χ2n) is 12.5. The van der Waals surface area contributed by atoms with Gasteiger partial charge in [-0.1, -0.05) is 25.3 Å². The highest BCUT2D eigenvalue weighted by atomic mass is 32.2. The van der Waals surface area contributed by atoms with Gasteiger partial charge < -0.3 is 15.0 Å². The number of hydrogen-bond acceptors (Lipinski definition) is 3.